The van der Waals surface area contributed by atoms with Crippen molar-refractivity contribution in [1.82, 2.24) is 10.6 Å². The first-order valence-electron chi connectivity index (χ1n) is 5.49. The summed E-state index contributed by atoms with van der Waals surface area (Å²) in [5, 5.41) is 6.03. The standard InChI is InChI=1S/C11H20N2O/c1-2-12-10-8-6-4-3-5-7-9-11(14)13-10/h2,10,12H,1,3-9H2,(H,13,14). The van der Waals surface area contributed by atoms with Crippen LogP contribution in [0.4, 0.5) is 0 Å². The second-order valence-electron chi connectivity index (χ2n) is 3.80. The van der Waals surface area contributed by atoms with Crippen molar-refractivity contribution in [2.45, 2.75) is 51.1 Å². The predicted octanol–water partition coefficient (Wildman–Crippen LogP) is 1.91. The summed E-state index contributed by atoms with van der Waals surface area (Å²) in [4.78, 5) is 11.4. The SMILES string of the molecule is C=CNC1CCCCCCCC(=O)N1. The molecule has 2 N–H and O–H groups in total. The van der Waals surface area contributed by atoms with Crippen molar-refractivity contribution >= 4 is 5.91 Å². The van der Waals surface area contributed by atoms with E-state index in [1.54, 1.807) is 6.20 Å². The molecule has 1 fully saturated rings. The van der Waals surface area contributed by atoms with E-state index in [2.05, 4.69) is 17.2 Å². The Balaban J connectivity index is 2.38. The van der Waals surface area contributed by atoms with E-state index in [1.807, 2.05) is 0 Å². The Morgan fingerprint density at radius 3 is 2.79 bits per heavy atom. The van der Waals surface area contributed by atoms with Gasteiger partial charge in [-0.15, -0.1) is 0 Å². The maximum atomic E-state index is 11.4. The highest BCUT2D eigenvalue weighted by atomic mass is 16.1. The van der Waals surface area contributed by atoms with E-state index < -0.39 is 0 Å². The molecule has 1 unspecified atom stereocenters. The van der Waals surface area contributed by atoms with E-state index >= 15 is 0 Å². The van der Waals surface area contributed by atoms with Gasteiger partial charge >= 0.3 is 0 Å². The molecule has 1 rings (SSSR count). The Hall–Kier alpha value is -0.990. The Labute approximate surface area is 86.0 Å². The predicted molar refractivity (Wildman–Crippen MR) is 57.6 cm³/mol. The van der Waals surface area contributed by atoms with Crippen LogP contribution in [0, 0.1) is 0 Å². The molecule has 3 heteroatoms. The smallest absolute Gasteiger partial charge is 0.221 e. The summed E-state index contributed by atoms with van der Waals surface area (Å²) >= 11 is 0. The third-order valence-electron chi connectivity index (χ3n) is 2.55. The number of carbonyl (C=O) groups excluding carboxylic acids is 1. The lowest BCUT2D eigenvalue weighted by Crippen LogP contribution is -2.43. The van der Waals surface area contributed by atoms with Crippen molar-refractivity contribution in [1.29, 1.82) is 0 Å². The van der Waals surface area contributed by atoms with Crippen LogP contribution in [0.25, 0.3) is 0 Å². The van der Waals surface area contributed by atoms with Gasteiger partial charge in [0.05, 0.1) is 6.17 Å². The molecule has 0 saturated carbocycles. The van der Waals surface area contributed by atoms with Crippen molar-refractivity contribution in [2.75, 3.05) is 0 Å². The fourth-order valence-electron chi connectivity index (χ4n) is 1.77. The second-order valence-corrected chi connectivity index (χ2v) is 3.80. The first-order valence-corrected chi connectivity index (χ1v) is 5.49. The molecule has 1 aliphatic rings. The van der Waals surface area contributed by atoms with Crippen LogP contribution in [0.2, 0.25) is 0 Å². The third-order valence-corrected chi connectivity index (χ3v) is 2.55. The lowest BCUT2D eigenvalue weighted by Gasteiger charge is -2.20. The highest BCUT2D eigenvalue weighted by Gasteiger charge is 2.11. The van der Waals surface area contributed by atoms with Crippen LogP contribution >= 0.6 is 0 Å². The maximum absolute atomic E-state index is 11.4. The largest absolute Gasteiger partial charge is 0.372 e. The van der Waals surface area contributed by atoms with Gasteiger partial charge in [-0.3, -0.25) is 4.79 Å². The molecule has 14 heavy (non-hydrogen) atoms. The van der Waals surface area contributed by atoms with Crippen molar-refractivity contribution in [2.24, 2.45) is 0 Å². The summed E-state index contributed by atoms with van der Waals surface area (Å²) in [6, 6.07) is 0. The number of hydrogen-bond donors (Lipinski definition) is 2. The lowest BCUT2D eigenvalue weighted by atomic mass is 10.1. The molecule has 3 nitrogen and oxygen atoms in total. The summed E-state index contributed by atoms with van der Waals surface area (Å²) in [7, 11) is 0. The van der Waals surface area contributed by atoms with Crippen LogP contribution in [-0.4, -0.2) is 12.1 Å². The normalized spacial score (nSPS) is 24.9. The van der Waals surface area contributed by atoms with Gasteiger partial charge in [0.2, 0.25) is 5.91 Å². The molecule has 0 radical (unpaired) electrons. The highest BCUT2D eigenvalue weighted by Crippen LogP contribution is 2.10. The van der Waals surface area contributed by atoms with E-state index in [1.165, 1.54) is 25.7 Å². The average molecular weight is 196 g/mol. The van der Waals surface area contributed by atoms with Gasteiger partial charge in [-0.05, 0) is 25.5 Å². The molecular weight excluding hydrogens is 176 g/mol. The van der Waals surface area contributed by atoms with Gasteiger partial charge in [0, 0.05) is 6.42 Å². The molecule has 0 spiro atoms. The summed E-state index contributed by atoms with van der Waals surface area (Å²) in [6.07, 6.45) is 9.30. The number of nitrogens with one attached hydrogen (secondary N) is 2. The second kappa shape index (κ2) is 6.46. The lowest BCUT2D eigenvalue weighted by molar-refractivity contribution is -0.122. The monoisotopic (exact) mass is 196 g/mol. The van der Waals surface area contributed by atoms with Crippen LogP contribution in [-0.2, 0) is 4.79 Å². The zero-order valence-electron chi connectivity index (χ0n) is 8.72. The van der Waals surface area contributed by atoms with Gasteiger partial charge in [-0.25, -0.2) is 0 Å². The van der Waals surface area contributed by atoms with Gasteiger partial charge in [-0.2, -0.15) is 0 Å². The quantitative estimate of drug-likeness (QED) is 0.708. The molecule has 1 aliphatic heterocycles. The van der Waals surface area contributed by atoms with Gasteiger partial charge in [0.1, 0.15) is 0 Å². The minimum Gasteiger partial charge on any atom is -0.372 e. The molecular formula is C11H20N2O. The number of rotatable bonds is 2. The summed E-state index contributed by atoms with van der Waals surface area (Å²) < 4.78 is 0. The van der Waals surface area contributed by atoms with Crippen LogP contribution in [0.3, 0.4) is 0 Å². The van der Waals surface area contributed by atoms with E-state index in [0.717, 1.165) is 12.8 Å². The zero-order valence-corrected chi connectivity index (χ0v) is 8.72. The van der Waals surface area contributed by atoms with E-state index in [9.17, 15) is 4.79 Å². The fourth-order valence-corrected chi connectivity index (χ4v) is 1.77. The minimum atomic E-state index is 0.0816. The molecule has 1 heterocycles. The van der Waals surface area contributed by atoms with Crippen molar-refractivity contribution in [3.63, 3.8) is 0 Å². The summed E-state index contributed by atoms with van der Waals surface area (Å²) in [5.41, 5.74) is 0. The molecule has 0 aliphatic carbocycles. The van der Waals surface area contributed by atoms with E-state index in [-0.39, 0.29) is 12.1 Å². The van der Waals surface area contributed by atoms with Gasteiger partial charge in [-0.1, -0.05) is 25.8 Å². The topological polar surface area (TPSA) is 41.1 Å². The van der Waals surface area contributed by atoms with Crippen LogP contribution in [0.5, 0.6) is 0 Å². The molecule has 0 aromatic heterocycles. The summed E-state index contributed by atoms with van der Waals surface area (Å²) in [5.74, 6) is 0.159. The van der Waals surface area contributed by atoms with Crippen molar-refractivity contribution < 1.29 is 4.79 Å². The van der Waals surface area contributed by atoms with Crippen molar-refractivity contribution in [3.8, 4) is 0 Å². The summed E-state index contributed by atoms with van der Waals surface area (Å²) in [6.45, 7) is 3.61. The minimum absolute atomic E-state index is 0.0816. The molecule has 0 aromatic rings. The number of carbonyl (C=O) groups is 1. The first kappa shape index (κ1) is 11.1. The fraction of sp³-hybridized carbons (Fsp3) is 0.727. The maximum Gasteiger partial charge on any atom is 0.221 e. The Morgan fingerprint density at radius 2 is 2.00 bits per heavy atom. The molecule has 80 valence electrons. The van der Waals surface area contributed by atoms with Gasteiger partial charge < -0.3 is 10.6 Å². The van der Waals surface area contributed by atoms with Crippen molar-refractivity contribution in [3.05, 3.63) is 12.8 Å². The molecule has 1 amide bonds. The van der Waals surface area contributed by atoms with E-state index in [4.69, 9.17) is 0 Å². The third kappa shape index (κ3) is 4.30. The van der Waals surface area contributed by atoms with Crippen LogP contribution < -0.4 is 10.6 Å². The number of amides is 1. The van der Waals surface area contributed by atoms with E-state index in [0.29, 0.717) is 6.42 Å². The van der Waals surface area contributed by atoms with Gasteiger partial charge in [0.15, 0.2) is 0 Å². The zero-order chi connectivity index (χ0) is 10.2. The number of hydrogen-bond acceptors (Lipinski definition) is 2. The molecule has 0 bridgehead atoms. The van der Waals surface area contributed by atoms with Gasteiger partial charge in [0.25, 0.3) is 0 Å². The Kier molecular flexibility index (Phi) is 5.12. The van der Waals surface area contributed by atoms with Crippen LogP contribution in [0.1, 0.15) is 44.9 Å². The Bertz CT molecular complexity index is 192. The van der Waals surface area contributed by atoms with Crippen LogP contribution in [0.15, 0.2) is 12.8 Å². The molecule has 1 saturated heterocycles. The first-order chi connectivity index (χ1) is 6.83. The Morgan fingerprint density at radius 1 is 1.29 bits per heavy atom. The average Bonchev–Trinajstić information content (AvgIpc) is 2.17. The highest BCUT2D eigenvalue weighted by molar-refractivity contribution is 5.76. The molecule has 0 aromatic carbocycles. The molecule has 1 atom stereocenters.